The van der Waals surface area contributed by atoms with E-state index in [0.29, 0.717) is 0 Å². The van der Waals surface area contributed by atoms with E-state index < -0.39 is 0 Å². The smallest absolute Gasteiger partial charge is 0.147 e. The minimum Gasteiger partial charge on any atom is -0.355 e. The summed E-state index contributed by atoms with van der Waals surface area (Å²) in [4.78, 5) is 6.94. The fourth-order valence-corrected chi connectivity index (χ4v) is 3.21. The Morgan fingerprint density at radius 2 is 2.05 bits per heavy atom. The molecule has 0 aromatic carbocycles. The zero-order valence-electron chi connectivity index (χ0n) is 12.2. The molecule has 1 saturated carbocycles. The lowest BCUT2D eigenvalue weighted by Crippen LogP contribution is -2.34. The van der Waals surface area contributed by atoms with Crippen LogP contribution in [0.3, 0.4) is 0 Å². The van der Waals surface area contributed by atoms with Gasteiger partial charge in [-0.1, -0.05) is 24.9 Å². The molecule has 1 aliphatic carbocycles. The Morgan fingerprint density at radius 3 is 2.65 bits per heavy atom. The molecule has 110 valence electrons. The van der Waals surface area contributed by atoms with Gasteiger partial charge in [0.25, 0.3) is 0 Å². The highest BCUT2D eigenvalue weighted by atomic mass is 35.5. The van der Waals surface area contributed by atoms with Crippen LogP contribution in [0.4, 0.5) is 5.82 Å². The second-order valence-electron chi connectivity index (χ2n) is 6.14. The van der Waals surface area contributed by atoms with E-state index in [-0.39, 0.29) is 0 Å². The van der Waals surface area contributed by atoms with Crippen LogP contribution in [-0.2, 0) is 6.54 Å². The maximum Gasteiger partial charge on any atom is 0.147 e. The zero-order chi connectivity index (χ0) is 13.9. The lowest BCUT2D eigenvalue weighted by Gasteiger charge is -2.32. The van der Waals surface area contributed by atoms with Crippen molar-refractivity contribution in [3.8, 4) is 0 Å². The van der Waals surface area contributed by atoms with Crippen LogP contribution in [0.5, 0.6) is 0 Å². The summed E-state index contributed by atoms with van der Waals surface area (Å²) in [5.74, 6) is 1.85. The van der Waals surface area contributed by atoms with Crippen molar-refractivity contribution in [2.24, 2.45) is 5.92 Å². The first-order valence-corrected chi connectivity index (χ1v) is 8.26. The van der Waals surface area contributed by atoms with E-state index in [1.807, 2.05) is 6.20 Å². The number of hydrogen-bond acceptors (Lipinski definition) is 3. The van der Waals surface area contributed by atoms with Gasteiger partial charge in [-0.2, -0.15) is 0 Å². The monoisotopic (exact) mass is 293 g/mol. The SMILES string of the molecule is CCC1CCN(c2ncc(CNC3CC3)cc2Cl)CC1. The molecule has 1 saturated heterocycles. The molecule has 3 rings (SSSR count). The normalized spacial score (nSPS) is 20.4. The van der Waals surface area contributed by atoms with Crippen molar-refractivity contribution in [3.63, 3.8) is 0 Å². The van der Waals surface area contributed by atoms with Gasteiger partial charge in [-0.25, -0.2) is 4.98 Å². The molecule has 0 atom stereocenters. The van der Waals surface area contributed by atoms with Gasteiger partial charge >= 0.3 is 0 Å². The molecule has 1 aromatic rings. The average molecular weight is 294 g/mol. The van der Waals surface area contributed by atoms with Crippen molar-refractivity contribution >= 4 is 17.4 Å². The maximum absolute atomic E-state index is 6.43. The van der Waals surface area contributed by atoms with Crippen LogP contribution >= 0.6 is 11.6 Å². The number of nitrogens with zero attached hydrogens (tertiary/aromatic N) is 2. The molecule has 1 aliphatic heterocycles. The molecule has 0 radical (unpaired) electrons. The lowest BCUT2D eigenvalue weighted by molar-refractivity contribution is 0.394. The van der Waals surface area contributed by atoms with Gasteiger partial charge < -0.3 is 10.2 Å². The quantitative estimate of drug-likeness (QED) is 0.899. The Morgan fingerprint density at radius 1 is 1.30 bits per heavy atom. The number of piperidine rings is 1. The van der Waals surface area contributed by atoms with Gasteiger partial charge in [-0.15, -0.1) is 0 Å². The molecule has 1 aromatic heterocycles. The van der Waals surface area contributed by atoms with Crippen molar-refractivity contribution in [2.45, 2.75) is 51.6 Å². The number of anilines is 1. The number of halogens is 1. The van der Waals surface area contributed by atoms with Gasteiger partial charge in [-0.3, -0.25) is 0 Å². The predicted octanol–water partition coefficient (Wildman–Crippen LogP) is 3.61. The summed E-state index contributed by atoms with van der Waals surface area (Å²) >= 11 is 6.43. The van der Waals surface area contributed by atoms with Gasteiger partial charge in [0.2, 0.25) is 0 Å². The number of rotatable bonds is 5. The average Bonchev–Trinajstić information content (AvgIpc) is 3.30. The molecule has 20 heavy (non-hydrogen) atoms. The highest BCUT2D eigenvalue weighted by Crippen LogP contribution is 2.29. The topological polar surface area (TPSA) is 28.2 Å². The minimum atomic E-state index is 0.724. The number of aromatic nitrogens is 1. The third-order valence-electron chi connectivity index (χ3n) is 4.54. The van der Waals surface area contributed by atoms with Crippen molar-refractivity contribution in [2.75, 3.05) is 18.0 Å². The van der Waals surface area contributed by atoms with E-state index in [2.05, 4.69) is 28.2 Å². The fourth-order valence-electron chi connectivity index (χ4n) is 2.90. The fraction of sp³-hybridized carbons (Fsp3) is 0.688. The molecule has 0 bridgehead atoms. The Balaban J connectivity index is 1.61. The van der Waals surface area contributed by atoms with Crippen molar-refractivity contribution in [1.29, 1.82) is 0 Å². The molecular formula is C16H24ClN3. The van der Waals surface area contributed by atoms with Crippen LogP contribution in [0.25, 0.3) is 0 Å². The van der Waals surface area contributed by atoms with E-state index in [0.717, 1.165) is 42.4 Å². The zero-order valence-corrected chi connectivity index (χ0v) is 13.0. The van der Waals surface area contributed by atoms with Crippen molar-refractivity contribution in [3.05, 3.63) is 22.8 Å². The number of hydrogen-bond donors (Lipinski definition) is 1. The van der Waals surface area contributed by atoms with E-state index in [1.54, 1.807) is 0 Å². The highest BCUT2D eigenvalue weighted by Gasteiger charge is 2.22. The second kappa shape index (κ2) is 6.31. The van der Waals surface area contributed by atoms with Crippen LogP contribution in [0, 0.1) is 5.92 Å². The van der Waals surface area contributed by atoms with E-state index in [4.69, 9.17) is 11.6 Å². The van der Waals surface area contributed by atoms with Crippen LogP contribution in [0.2, 0.25) is 5.02 Å². The van der Waals surface area contributed by atoms with Gasteiger partial charge in [0, 0.05) is 31.9 Å². The number of pyridine rings is 1. The summed E-state index contributed by atoms with van der Waals surface area (Å²) in [7, 11) is 0. The summed E-state index contributed by atoms with van der Waals surface area (Å²) in [6, 6.07) is 2.80. The van der Waals surface area contributed by atoms with Gasteiger partial charge in [0.1, 0.15) is 5.82 Å². The molecule has 2 aliphatic rings. The van der Waals surface area contributed by atoms with Gasteiger partial charge in [0.05, 0.1) is 5.02 Å². The maximum atomic E-state index is 6.43. The molecule has 0 unspecified atom stereocenters. The summed E-state index contributed by atoms with van der Waals surface area (Å²) in [6.45, 7) is 5.35. The second-order valence-corrected chi connectivity index (χ2v) is 6.55. The van der Waals surface area contributed by atoms with E-state index in [1.165, 1.54) is 37.7 Å². The molecule has 0 amide bonds. The van der Waals surface area contributed by atoms with E-state index >= 15 is 0 Å². The summed E-state index contributed by atoms with van der Waals surface area (Å²) in [5.41, 5.74) is 1.19. The van der Waals surface area contributed by atoms with Crippen molar-refractivity contribution < 1.29 is 0 Å². The Bertz CT molecular complexity index is 451. The summed E-state index contributed by atoms with van der Waals surface area (Å²) in [6.07, 6.45) is 8.42. The van der Waals surface area contributed by atoms with Crippen LogP contribution in [0.15, 0.2) is 12.3 Å². The van der Waals surface area contributed by atoms with E-state index in [9.17, 15) is 0 Å². The molecular weight excluding hydrogens is 270 g/mol. The summed E-state index contributed by atoms with van der Waals surface area (Å²) < 4.78 is 0. The first-order valence-electron chi connectivity index (χ1n) is 7.89. The van der Waals surface area contributed by atoms with Crippen molar-refractivity contribution in [1.82, 2.24) is 10.3 Å². The summed E-state index contributed by atoms with van der Waals surface area (Å²) in [5, 5.41) is 4.30. The first-order chi connectivity index (χ1) is 9.76. The van der Waals surface area contributed by atoms with Crippen LogP contribution < -0.4 is 10.2 Å². The lowest BCUT2D eigenvalue weighted by atomic mass is 9.94. The third kappa shape index (κ3) is 3.44. The van der Waals surface area contributed by atoms with Crippen LogP contribution in [0.1, 0.15) is 44.6 Å². The third-order valence-corrected chi connectivity index (χ3v) is 4.82. The Hall–Kier alpha value is -0.800. The molecule has 0 spiro atoms. The first kappa shape index (κ1) is 14.2. The predicted molar refractivity (Wildman–Crippen MR) is 84.3 cm³/mol. The molecule has 1 N–H and O–H groups in total. The largest absolute Gasteiger partial charge is 0.355 e. The standard InChI is InChI=1S/C16H24ClN3/c1-2-12-5-7-20(8-6-12)16-15(17)9-13(11-19-16)10-18-14-3-4-14/h9,11-12,14,18H,2-8,10H2,1H3. The van der Waals surface area contributed by atoms with Crippen LogP contribution in [-0.4, -0.2) is 24.1 Å². The minimum absolute atomic E-state index is 0.724. The Labute approximate surface area is 126 Å². The number of nitrogens with one attached hydrogen (secondary N) is 1. The highest BCUT2D eigenvalue weighted by molar-refractivity contribution is 6.33. The van der Waals surface area contributed by atoms with Gasteiger partial charge in [-0.05, 0) is 43.2 Å². The molecule has 2 heterocycles. The molecule has 4 heteroatoms. The van der Waals surface area contributed by atoms with Gasteiger partial charge in [0.15, 0.2) is 0 Å². The molecule has 2 fully saturated rings. The molecule has 3 nitrogen and oxygen atoms in total. The Kier molecular flexibility index (Phi) is 4.47.